The lowest BCUT2D eigenvalue weighted by Gasteiger charge is -2.20. The largest absolute Gasteiger partial charge is 0.433 e. The van der Waals surface area contributed by atoms with Crippen molar-refractivity contribution < 1.29 is 13.2 Å². The highest BCUT2D eigenvalue weighted by atomic mass is 19.4. The van der Waals surface area contributed by atoms with Crippen LogP contribution in [0.15, 0.2) is 12.1 Å². The predicted molar refractivity (Wildman–Crippen MR) is 65.8 cm³/mol. The van der Waals surface area contributed by atoms with Crippen molar-refractivity contribution in [3.63, 3.8) is 0 Å². The molecule has 0 spiro atoms. The van der Waals surface area contributed by atoms with E-state index in [-0.39, 0.29) is 11.4 Å². The fourth-order valence-electron chi connectivity index (χ4n) is 1.58. The summed E-state index contributed by atoms with van der Waals surface area (Å²) in [5.74, 6) is 0.0634. The average Bonchev–Trinajstić information content (AvgIpc) is 2.37. The lowest BCUT2D eigenvalue weighted by atomic mass is 10.2. The van der Waals surface area contributed by atoms with Gasteiger partial charge in [0.05, 0.1) is 5.56 Å². The summed E-state index contributed by atoms with van der Waals surface area (Å²) in [6, 6.07) is 3.83. The van der Waals surface area contributed by atoms with E-state index < -0.39 is 11.9 Å². The Hall–Kier alpha value is -1.81. The Kier molecular flexibility index (Phi) is 5.12. The molecular weight excluding hydrogens is 257 g/mol. The van der Waals surface area contributed by atoms with Gasteiger partial charge in [0.1, 0.15) is 17.6 Å². The van der Waals surface area contributed by atoms with Gasteiger partial charge >= 0.3 is 6.18 Å². The molecule has 0 aliphatic carbocycles. The van der Waals surface area contributed by atoms with Gasteiger partial charge in [-0.15, -0.1) is 0 Å². The van der Waals surface area contributed by atoms with E-state index in [1.54, 1.807) is 19.0 Å². The van der Waals surface area contributed by atoms with Crippen LogP contribution in [0.2, 0.25) is 0 Å². The van der Waals surface area contributed by atoms with E-state index in [0.29, 0.717) is 6.54 Å². The summed E-state index contributed by atoms with van der Waals surface area (Å²) in [7, 11) is 3.42. The molecule has 0 saturated carbocycles. The molecule has 0 amide bonds. The Balaban J connectivity index is 3.00. The molecule has 0 atom stereocenters. The van der Waals surface area contributed by atoms with Crippen LogP contribution in [0.25, 0.3) is 0 Å². The van der Waals surface area contributed by atoms with E-state index in [9.17, 15) is 13.2 Å². The van der Waals surface area contributed by atoms with Crippen LogP contribution in [0.3, 0.4) is 0 Å². The van der Waals surface area contributed by atoms with Gasteiger partial charge in [-0.2, -0.15) is 18.4 Å². The highest BCUT2D eigenvalue weighted by molar-refractivity contribution is 5.54. The molecule has 1 aromatic rings. The molecule has 7 heteroatoms. The van der Waals surface area contributed by atoms with Crippen molar-refractivity contribution in [2.75, 3.05) is 32.1 Å². The molecule has 104 valence electrons. The number of nitrogens with zero attached hydrogens (tertiary/aromatic N) is 3. The molecule has 0 bridgehead atoms. The summed E-state index contributed by atoms with van der Waals surface area (Å²) in [6.07, 6.45) is -3.76. The fraction of sp³-hybridized carbons (Fsp3) is 0.500. The van der Waals surface area contributed by atoms with E-state index in [4.69, 9.17) is 5.26 Å². The normalized spacial score (nSPS) is 11.2. The first kappa shape index (κ1) is 15.2. The highest BCUT2D eigenvalue weighted by Crippen LogP contribution is 2.30. The van der Waals surface area contributed by atoms with Crippen molar-refractivity contribution in [1.29, 1.82) is 5.26 Å². The second-order valence-electron chi connectivity index (χ2n) is 4.06. The molecule has 0 unspecified atom stereocenters. The summed E-state index contributed by atoms with van der Waals surface area (Å²) < 4.78 is 37.8. The summed E-state index contributed by atoms with van der Waals surface area (Å²) in [5, 5.41) is 11.9. The molecule has 0 radical (unpaired) electrons. The van der Waals surface area contributed by atoms with E-state index >= 15 is 0 Å². The Morgan fingerprint density at radius 2 is 2.11 bits per heavy atom. The number of alkyl halides is 3. The quantitative estimate of drug-likeness (QED) is 0.833. The van der Waals surface area contributed by atoms with E-state index in [0.717, 1.165) is 25.1 Å². The number of rotatable bonds is 5. The Morgan fingerprint density at radius 3 is 2.63 bits per heavy atom. The molecule has 1 aromatic heterocycles. The number of nitrogens with one attached hydrogen (secondary N) is 1. The van der Waals surface area contributed by atoms with Crippen LogP contribution in [0.4, 0.5) is 19.0 Å². The van der Waals surface area contributed by atoms with Crippen LogP contribution in [-0.2, 0) is 6.18 Å². The van der Waals surface area contributed by atoms with Gasteiger partial charge in [0.15, 0.2) is 0 Å². The molecule has 0 aromatic carbocycles. The van der Waals surface area contributed by atoms with E-state index in [2.05, 4.69) is 10.3 Å². The third-order valence-electron chi connectivity index (χ3n) is 2.57. The molecule has 1 rings (SSSR count). The van der Waals surface area contributed by atoms with Crippen molar-refractivity contribution in [3.05, 3.63) is 23.4 Å². The minimum Gasteiger partial charge on any atom is -0.359 e. The number of aromatic nitrogens is 1. The first-order valence-electron chi connectivity index (χ1n) is 5.74. The number of pyridine rings is 1. The number of nitriles is 1. The van der Waals surface area contributed by atoms with Crippen molar-refractivity contribution >= 4 is 5.82 Å². The third-order valence-corrected chi connectivity index (χ3v) is 2.57. The molecule has 0 aliphatic heterocycles. The molecule has 19 heavy (non-hydrogen) atoms. The van der Waals surface area contributed by atoms with Crippen LogP contribution in [0.5, 0.6) is 0 Å². The molecule has 1 heterocycles. The van der Waals surface area contributed by atoms with Gasteiger partial charge < -0.3 is 10.2 Å². The zero-order valence-electron chi connectivity index (χ0n) is 10.8. The van der Waals surface area contributed by atoms with Gasteiger partial charge in [-0.25, -0.2) is 4.98 Å². The molecule has 1 N–H and O–H groups in total. The topological polar surface area (TPSA) is 52.0 Å². The average molecular weight is 272 g/mol. The smallest absolute Gasteiger partial charge is 0.359 e. The highest BCUT2D eigenvalue weighted by Gasteiger charge is 2.33. The van der Waals surface area contributed by atoms with Crippen LogP contribution in [0, 0.1) is 11.3 Å². The van der Waals surface area contributed by atoms with Crippen molar-refractivity contribution in [1.82, 2.24) is 10.3 Å². The standard InChI is InChI=1S/C12H15F3N4/c1-17-6-3-7-19(2)11-9(8-16)4-5-10(18-11)12(13,14)15/h4-5,17H,3,6-7H2,1-2H3. The predicted octanol–water partition coefficient (Wildman–Crippen LogP) is 2.02. The third kappa shape index (κ3) is 4.10. The minimum atomic E-state index is -4.51. The van der Waals surface area contributed by atoms with Crippen LogP contribution in [0.1, 0.15) is 17.7 Å². The molecule has 0 saturated heterocycles. The van der Waals surface area contributed by atoms with E-state index in [1.807, 2.05) is 6.07 Å². The van der Waals surface area contributed by atoms with Crippen molar-refractivity contribution in [2.45, 2.75) is 12.6 Å². The van der Waals surface area contributed by atoms with Crippen LogP contribution < -0.4 is 10.2 Å². The second-order valence-corrected chi connectivity index (χ2v) is 4.06. The number of halogens is 3. The summed E-state index contributed by atoms with van der Waals surface area (Å²) in [5.41, 5.74) is -0.845. The molecular formula is C12H15F3N4. The number of hydrogen-bond donors (Lipinski definition) is 1. The molecule has 4 nitrogen and oxygen atoms in total. The monoisotopic (exact) mass is 272 g/mol. The first-order valence-corrected chi connectivity index (χ1v) is 5.74. The summed E-state index contributed by atoms with van der Waals surface area (Å²) in [4.78, 5) is 5.11. The first-order chi connectivity index (χ1) is 8.90. The number of hydrogen-bond acceptors (Lipinski definition) is 4. The lowest BCUT2D eigenvalue weighted by Crippen LogP contribution is -2.25. The second kappa shape index (κ2) is 6.38. The number of anilines is 1. The fourth-order valence-corrected chi connectivity index (χ4v) is 1.58. The Labute approximate surface area is 109 Å². The van der Waals surface area contributed by atoms with Crippen molar-refractivity contribution in [2.24, 2.45) is 0 Å². The Bertz CT molecular complexity index is 465. The summed E-state index contributed by atoms with van der Waals surface area (Å²) in [6.45, 7) is 1.26. The molecule has 0 fully saturated rings. The maximum absolute atomic E-state index is 12.6. The maximum atomic E-state index is 12.6. The van der Waals surface area contributed by atoms with Gasteiger partial charge in [0.2, 0.25) is 0 Å². The molecule has 0 aliphatic rings. The minimum absolute atomic E-state index is 0.0634. The summed E-state index contributed by atoms with van der Waals surface area (Å²) >= 11 is 0. The van der Waals surface area contributed by atoms with Gasteiger partial charge in [0, 0.05) is 13.6 Å². The zero-order valence-corrected chi connectivity index (χ0v) is 10.8. The SMILES string of the molecule is CNCCCN(C)c1nc(C(F)(F)F)ccc1C#N. The van der Waals surface area contributed by atoms with Gasteiger partial charge in [0.25, 0.3) is 0 Å². The van der Waals surface area contributed by atoms with Crippen LogP contribution in [-0.4, -0.2) is 32.2 Å². The Morgan fingerprint density at radius 1 is 1.42 bits per heavy atom. The van der Waals surface area contributed by atoms with Gasteiger partial charge in [-0.3, -0.25) is 0 Å². The van der Waals surface area contributed by atoms with Crippen LogP contribution >= 0.6 is 0 Å². The van der Waals surface area contributed by atoms with Gasteiger partial charge in [-0.05, 0) is 32.1 Å². The van der Waals surface area contributed by atoms with Crippen molar-refractivity contribution in [3.8, 4) is 6.07 Å². The zero-order chi connectivity index (χ0) is 14.5. The van der Waals surface area contributed by atoms with Gasteiger partial charge in [-0.1, -0.05) is 0 Å². The van der Waals surface area contributed by atoms with E-state index in [1.165, 1.54) is 0 Å². The lowest BCUT2D eigenvalue weighted by molar-refractivity contribution is -0.141. The maximum Gasteiger partial charge on any atom is 0.433 e.